The fourth-order valence-corrected chi connectivity index (χ4v) is 4.77. The average Bonchev–Trinajstić information content (AvgIpc) is 3.04. The molecule has 0 aromatic heterocycles. The van der Waals surface area contributed by atoms with Gasteiger partial charge in [-0.3, -0.25) is 4.79 Å². The van der Waals surface area contributed by atoms with E-state index >= 15 is 0 Å². The first-order valence-corrected chi connectivity index (χ1v) is 10.6. The van der Waals surface area contributed by atoms with Crippen molar-refractivity contribution in [3.63, 3.8) is 0 Å². The number of halogens is 1. The largest absolute Gasteiger partial charge is 0.388 e. The first-order chi connectivity index (χ1) is 13.2. The molecule has 1 heterocycles. The summed E-state index contributed by atoms with van der Waals surface area (Å²) in [5.41, 5.74) is 2.97. The molecule has 3 rings (SSSR count). The molecule has 0 saturated heterocycles. The number of nitrogens with zero attached hydrogens (tertiary/aromatic N) is 1. The molecule has 1 unspecified atom stereocenters. The first-order valence-electron chi connectivity index (χ1n) is 8.73. The molecule has 1 aliphatic rings. The summed E-state index contributed by atoms with van der Waals surface area (Å²) in [5.74, 6) is -0.815. The monoisotopic (exact) mass is 420 g/mol. The van der Waals surface area contributed by atoms with Crippen LogP contribution in [0, 0.1) is 0 Å². The third kappa shape index (κ3) is 4.22. The van der Waals surface area contributed by atoms with Crippen molar-refractivity contribution in [1.29, 1.82) is 0 Å². The van der Waals surface area contributed by atoms with Crippen LogP contribution in [0.25, 0.3) is 0 Å². The SMILES string of the molecule is C=C(C)N1CCc2cc(Cl)c(S(=O)(=O)NC(=O)CC(O)c3ccccc3)cc21. The summed E-state index contributed by atoms with van der Waals surface area (Å²) in [6, 6.07) is 11.6. The Balaban J connectivity index is 1.80. The third-order valence-electron chi connectivity index (χ3n) is 4.59. The lowest BCUT2D eigenvalue weighted by atomic mass is 10.1. The Morgan fingerprint density at radius 1 is 1.32 bits per heavy atom. The second-order valence-corrected chi connectivity index (χ2v) is 8.77. The summed E-state index contributed by atoms with van der Waals surface area (Å²) in [7, 11) is -4.19. The summed E-state index contributed by atoms with van der Waals surface area (Å²) >= 11 is 6.18. The van der Waals surface area contributed by atoms with Gasteiger partial charge in [0, 0.05) is 17.9 Å². The van der Waals surface area contributed by atoms with Crippen LogP contribution in [0.2, 0.25) is 5.02 Å². The molecule has 0 spiro atoms. The number of anilines is 1. The van der Waals surface area contributed by atoms with E-state index in [-0.39, 0.29) is 16.3 Å². The molecule has 6 nitrogen and oxygen atoms in total. The number of rotatable bonds is 6. The van der Waals surface area contributed by atoms with Crippen molar-refractivity contribution in [3.8, 4) is 0 Å². The van der Waals surface area contributed by atoms with E-state index in [1.165, 1.54) is 6.07 Å². The van der Waals surface area contributed by atoms with Gasteiger partial charge in [0.2, 0.25) is 5.91 Å². The van der Waals surface area contributed by atoms with Gasteiger partial charge >= 0.3 is 0 Å². The van der Waals surface area contributed by atoms with E-state index in [0.29, 0.717) is 17.8 Å². The molecular formula is C20H21ClN2O4S. The summed E-state index contributed by atoms with van der Waals surface area (Å²) < 4.78 is 27.4. The standard InChI is InChI=1S/C20H21ClN2O4S/c1-13(2)23-9-8-15-10-16(21)19(11-17(15)23)28(26,27)22-20(25)12-18(24)14-6-4-3-5-7-14/h3-7,10-11,18,24H,1,8-9,12H2,2H3,(H,22,25). The van der Waals surface area contributed by atoms with E-state index in [0.717, 1.165) is 17.7 Å². The molecule has 28 heavy (non-hydrogen) atoms. The summed E-state index contributed by atoms with van der Waals surface area (Å²) in [4.78, 5) is 13.9. The number of aliphatic hydroxyl groups excluding tert-OH is 1. The van der Waals surface area contributed by atoms with Gasteiger partial charge in [-0.15, -0.1) is 0 Å². The average molecular weight is 421 g/mol. The Kier molecular flexibility index (Phi) is 5.79. The predicted octanol–water partition coefficient (Wildman–Crippen LogP) is 3.16. The Hall–Kier alpha value is -2.35. The van der Waals surface area contributed by atoms with Crippen LogP contribution in [-0.2, 0) is 21.2 Å². The Bertz CT molecular complexity index is 1020. The van der Waals surface area contributed by atoms with E-state index in [1.807, 2.05) is 16.5 Å². The zero-order chi connectivity index (χ0) is 20.5. The maximum absolute atomic E-state index is 12.7. The van der Waals surface area contributed by atoms with Crippen molar-refractivity contribution in [3.05, 3.63) is 70.9 Å². The number of nitrogens with one attached hydrogen (secondary N) is 1. The second-order valence-electron chi connectivity index (χ2n) is 6.71. The fourth-order valence-electron chi connectivity index (χ4n) is 3.21. The molecule has 0 fully saturated rings. The molecule has 1 aliphatic heterocycles. The minimum absolute atomic E-state index is 0.0474. The molecule has 148 valence electrons. The number of hydrogen-bond donors (Lipinski definition) is 2. The number of hydrogen-bond acceptors (Lipinski definition) is 5. The highest BCUT2D eigenvalue weighted by Gasteiger charge is 2.28. The van der Waals surface area contributed by atoms with Gasteiger partial charge in [0.15, 0.2) is 0 Å². The number of carbonyl (C=O) groups excluding carboxylic acids is 1. The van der Waals surface area contributed by atoms with E-state index in [1.54, 1.807) is 36.4 Å². The number of allylic oxidation sites excluding steroid dienone is 1. The highest BCUT2D eigenvalue weighted by Crippen LogP contribution is 2.36. The molecule has 0 saturated carbocycles. The second kappa shape index (κ2) is 7.95. The number of amides is 1. The number of fused-ring (bicyclic) bond motifs is 1. The van der Waals surface area contributed by atoms with Gasteiger partial charge < -0.3 is 10.0 Å². The van der Waals surface area contributed by atoms with E-state index < -0.39 is 22.0 Å². The van der Waals surface area contributed by atoms with Gasteiger partial charge in [-0.05, 0) is 36.6 Å². The Morgan fingerprint density at radius 3 is 2.64 bits per heavy atom. The fraction of sp³-hybridized carbons (Fsp3) is 0.250. The van der Waals surface area contributed by atoms with Crippen LogP contribution in [-0.4, -0.2) is 26.0 Å². The maximum Gasteiger partial charge on any atom is 0.265 e. The predicted molar refractivity (Wildman–Crippen MR) is 109 cm³/mol. The molecule has 1 atom stereocenters. The molecule has 8 heteroatoms. The summed E-state index contributed by atoms with van der Waals surface area (Å²) in [6.45, 7) is 6.44. The molecule has 0 radical (unpaired) electrons. The third-order valence-corrected chi connectivity index (χ3v) is 6.43. The molecule has 2 aromatic rings. The van der Waals surface area contributed by atoms with Crippen LogP contribution in [0.15, 0.2) is 59.6 Å². The number of sulfonamides is 1. The summed E-state index contributed by atoms with van der Waals surface area (Å²) in [5, 5.41) is 10.2. The van der Waals surface area contributed by atoms with Crippen LogP contribution in [0.5, 0.6) is 0 Å². The molecule has 0 aliphatic carbocycles. The van der Waals surface area contributed by atoms with Crippen molar-refractivity contribution >= 4 is 33.2 Å². The highest BCUT2D eigenvalue weighted by atomic mass is 35.5. The Morgan fingerprint density at radius 2 is 2.00 bits per heavy atom. The van der Waals surface area contributed by atoms with Gasteiger partial charge in [0.1, 0.15) is 4.90 Å². The van der Waals surface area contributed by atoms with Crippen molar-refractivity contribution in [2.75, 3.05) is 11.4 Å². The van der Waals surface area contributed by atoms with Gasteiger partial charge in [-0.1, -0.05) is 48.5 Å². The zero-order valence-electron chi connectivity index (χ0n) is 15.4. The minimum Gasteiger partial charge on any atom is -0.388 e. The molecular weight excluding hydrogens is 400 g/mol. The van der Waals surface area contributed by atoms with E-state index in [4.69, 9.17) is 11.6 Å². The number of carbonyl (C=O) groups is 1. The zero-order valence-corrected chi connectivity index (χ0v) is 16.9. The van der Waals surface area contributed by atoms with Crippen molar-refractivity contribution in [1.82, 2.24) is 4.72 Å². The summed E-state index contributed by atoms with van der Waals surface area (Å²) in [6.07, 6.45) is -0.757. The smallest absolute Gasteiger partial charge is 0.265 e. The van der Waals surface area contributed by atoms with E-state index in [2.05, 4.69) is 6.58 Å². The quantitative estimate of drug-likeness (QED) is 0.749. The van der Waals surface area contributed by atoms with E-state index in [9.17, 15) is 18.3 Å². The molecule has 1 amide bonds. The first kappa shape index (κ1) is 20.4. The van der Waals surface area contributed by atoms with Crippen LogP contribution < -0.4 is 9.62 Å². The van der Waals surface area contributed by atoms with Gasteiger partial charge in [-0.25, -0.2) is 13.1 Å². The normalized spacial score (nSPS) is 14.5. The Labute approximate surface area is 169 Å². The highest BCUT2D eigenvalue weighted by molar-refractivity contribution is 7.90. The van der Waals surface area contributed by atoms with Crippen molar-refractivity contribution in [2.45, 2.75) is 30.8 Å². The minimum atomic E-state index is -4.19. The lowest BCUT2D eigenvalue weighted by Crippen LogP contribution is -2.32. The molecule has 0 bridgehead atoms. The van der Waals surface area contributed by atoms with Crippen LogP contribution in [0.1, 0.15) is 30.6 Å². The topological polar surface area (TPSA) is 86.7 Å². The number of benzene rings is 2. The molecule has 2 aromatic carbocycles. The lowest BCUT2D eigenvalue weighted by molar-refractivity contribution is -0.121. The van der Waals surface area contributed by atoms with Gasteiger partial charge in [0.05, 0.1) is 17.5 Å². The maximum atomic E-state index is 12.7. The lowest BCUT2D eigenvalue weighted by Gasteiger charge is -2.20. The molecule has 2 N–H and O–H groups in total. The number of aliphatic hydroxyl groups is 1. The van der Waals surface area contributed by atoms with Crippen molar-refractivity contribution < 1.29 is 18.3 Å². The van der Waals surface area contributed by atoms with Crippen LogP contribution in [0.4, 0.5) is 5.69 Å². The van der Waals surface area contributed by atoms with Gasteiger partial charge in [-0.2, -0.15) is 0 Å². The van der Waals surface area contributed by atoms with Crippen LogP contribution in [0.3, 0.4) is 0 Å². The van der Waals surface area contributed by atoms with Crippen LogP contribution >= 0.6 is 11.6 Å². The van der Waals surface area contributed by atoms with Crippen molar-refractivity contribution in [2.24, 2.45) is 0 Å². The van der Waals surface area contributed by atoms with Gasteiger partial charge in [0.25, 0.3) is 10.0 Å².